The van der Waals surface area contributed by atoms with Crippen molar-refractivity contribution in [3.63, 3.8) is 0 Å². The Labute approximate surface area is 184 Å². The van der Waals surface area contributed by atoms with Crippen molar-refractivity contribution >= 4 is 45.9 Å². The summed E-state index contributed by atoms with van der Waals surface area (Å²) in [5.41, 5.74) is 8.35. The lowest BCUT2D eigenvalue weighted by molar-refractivity contribution is 0.682. The first-order chi connectivity index (χ1) is 13.8. The van der Waals surface area contributed by atoms with Gasteiger partial charge in [-0.05, 0) is 30.2 Å². The minimum atomic E-state index is -1.26. The number of halogens is 1. The summed E-state index contributed by atoms with van der Waals surface area (Å²) in [6.07, 6.45) is 0.870. The molecule has 4 rings (SSSR count). The number of nitrogens with two attached hydrogens (primary N) is 1. The Morgan fingerprint density at radius 1 is 0.897 bits per heavy atom. The molecule has 2 atom stereocenters. The molecule has 0 fully saturated rings. The van der Waals surface area contributed by atoms with E-state index in [1.807, 2.05) is 72.8 Å². The van der Waals surface area contributed by atoms with Crippen LogP contribution in [-0.2, 0) is 17.2 Å². The Morgan fingerprint density at radius 2 is 1.52 bits per heavy atom. The summed E-state index contributed by atoms with van der Waals surface area (Å²) in [5, 5.41) is 2.14. The molecule has 0 bridgehead atoms. The van der Waals surface area contributed by atoms with Crippen LogP contribution in [0.2, 0.25) is 0 Å². The van der Waals surface area contributed by atoms with Crippen molar-refractivity contribution in [1.82, 2.24) is 4.98 Å². The number of hydrogen-bond donors (Lipinski definition) is 2. The lowest BCUT2D eigenvalue weighted by atomic mass is 10.1. The zero-order valence-corrected chi connectivity index (χ0v) is 18.2. The van der Waals surface area contributed by atoms with E-state index in [0.717, 1.165) is 32.1 Å². The van der Waals surface area contributed by atoms with Gasteiger partial charge < -0.3 is 10.7 Å². The topological polar surface area (TPSA) is 58.9 Å². The average molecular weight is 443 g/mol. The Bertz CT molecular complexity index is 1080. The standard InChI is InChI=1S/C23H22N2OS2.ClH/c24-16-18(15-17-9-3-1-4-10-17)27-23-22(20-13-7-8-14-21(20)25-23)28(26)19-11-5-2-6-12-19;/h1-14,18,25H,15-16,24H2;1H. The van der Waals surface area contributed by atoms with Gasteiger partial charge in [0.25, 0.3) is 0 Å². The second-order valence-electron chi connectivity index (χ2n) is 6.58. The van der Waals surface area contributed by atoms with E-state index < -0.39 is 10.8 Å². The maximum absolute atomic E-state index is 13.4. The van der Waals surface area contributed by atoms with Crippen LogP contribution in [0.5, 0.6) is 0 Å². The Hall–Kier alpha value is -2.05. The van der Waals surface area contributed by atoms with Crippen molar-refractivity contribution in [3.8, 4) is 0 Å². The smallest absolute Gasteiger partial charge is 0.0904 e. The number of H-pyrrole nitrogens is 1. The Balaban J connectivity index is 0.00000240. The van der Waals surface area contributed by atoms with Crippen molar-refractivity contribution in [1.29, 1.82) is 0 Å². The van der Waals surface area contributed by atoms with Gasteiger partial charge in [0.2, 0.25) is 0 Å². The molecule has 3 nitrogen and oxygen atoms in total. The van der Waals surface area contributed by atoms with Crippen LogP contribution in [0.25, 0.3) is 10.9 Å². The summed E-state index contributed by atoms with van der Waals surface area (Å²) in [6, 6.07) is 28.0. The monoisotopic (exact) mass is 442 g/mol. The molecule has 0 saturated heterocycles. The largest absolute Gasteiger partial charge is 0.349 e. The van der Waals surface area contributed by atoms with E-state index in [-0.39, 0.29) is 17.7 Å². The first kappa shape index (κ1) is 21.7. The summed E-state index contributed by atoms with van der Waals surface area (Å²) < 4.78 is 13.4. The molecule has 4 aromatic rings. The van der Waals surface area contributed by atoms with Gasteiger partial charge in [-0.25, -0.2) is 4.21 Å². The molecule has 3 N–H and O–H groups in total. The van der Waals surface area contributed by atoms with Crippen molar-refractivity contribution in [2.75, 3.05) is 6.54 Å². The van der Waals surface area contributed by atoms with Crippen LogP contribution in [0.1, 0.15) is 5.56 Å². The molecule has 0 radical (unpaired) electrons. The molecule has 3 aromatic carbocycles. The molecule has 0 aliphatic carbocycles. The van der Waals surface area contributed by atoms with E-state index in [1.165, 1.54) is 5.56 Å². The van der Waals surface area contributed by atoms with Crippen LogP contribution in [0.3, 0.4) is 0 Å². The van der Waals surface area contributed by atoms with Crippen LogP contribution < -0.4 is 5.73 Å². The molecular formula is C23H23ClN2OS2. The first-order valence-corrected chi connectivity index (χ1v) is 11.3. The van der Waals surface area contributed by atoms with E-state index in [9.17, 15) is 4.21 Å². The zero-order valence-electron chi connectivity index (χ0n) is 15.8. The van der Waals surface area contributed by atoms with Gasteiger partial charge in [0.05, 0.1) is 20.7 Å². The number of aromatic amines is 1. The highest BCUT2D eigenvalue weighted by Gasteiger charge is 2.21. The quantitative estimate of drug-likeness (QED) is 0.376. The number of thioether (sulfide) groups is 1. The van der Waals surface area contributed by atoms with Crippen molar-refractivity contribution in [2.24, 2.45) is 5.73 Å². The Kier molecular flexibility index (Phi) is 7.56. The molecule has 2 unspecified atom stereocenters. The molecule has 0 amide bonds. The minimum Gasteiger partial charge on any atom is -0.349 e. The molecule has 0 spiro atoms. The second kappa shape index (κ2) is 10.1. The van der Waals surface area contributed by atoms with E-state index in [4.69, 9.17) is 5.73 Å². The third-order valence-corrected chi connectivity index (χ3v) is 7.48. The fourth-order valence-electron chi connectivity index (χ4n) is 3.24. The maximum atomic E-state index is 13.4. The number of fused-ring (bicyclic) bond motifs is 1. The van der Waals surface area contributed by atoms with E-state index in [2.05, 4.69) is 17.1 Å². The number of aromatic nitrogens is 1. The Morgan fingerprint density at radius 3 is 2.21 bits per heavy atom. The van der Waals surface area contributed by atoms with Gasteiger partial charge in [0, 0.05) is 27.6 Å². The highest BCUT2D eigenvalue weighted by molar-refractivity contribution is 8.00. The van der Waals surface area contributed by atoms with Crippen LogP contribution in [0.15, 0.2) is 99.7 Å². The lowest BCUT2D eigenvalue weighted by Crippen LogP contribution is -2.19. The van der Waals surface area contributed by atoms with Gasteiger partial charge in [-0.1, -0.05) is 66.7 Å². The number of hydrogen-bond acceptors (Lipinski definition) is 3. The third kappa shape index (κ3) is 4.93. The molecule has 6 heteroatoms. The number of nitrogens with one attached hydrogen (secondary N) is 1. The fourth-order valence-corrected chi connectivity index (χ4v) is 5.94. The summed E-state index contributed by atoms with van der Waals surface area (Å²) in [5.74, 6) is 0. The second-order valence-corrected chi connectivity index (χ2v) is 9.30. The van der Waals surface area contributed by atoms with Gasteiger partial charge in [-0.15, -0.1) is 24.2 Å². The van der Waals surface area contributed by atoms with Gasteiger partial charge in [0.1, 0.15) is 0 Å². The van der Waals surface area contributed by atoms with Crippen LogP contribution in [-0.4, -0.2) is 21.0 Å². The fraction of sp³-hybridized carbons (Fsp3) is 0.130. The normalized spacial score (nSPS) is 13.0. The number of benzene rings is 3. The SMILES string of the molecule is Cl.NCC(Cc1ccccc1)Sc1[nH]c2ccccc2c1S(=O)c1ccccc1. The molecule has 0 aliphatic rings. The summed E-state index contributed by atoms with van der Waals surface area (Å²) >= 11 is 1.69. The van der Waals surface area contributed by atoms with Crippen LogP contribution in [0.4, 0.5) is 0 Å². The van der Waals surface area contributed by atoms with Crippen molar-refractivity contribution < 1.29 is 4.21 Å². The number of rotatable bonds is 7. The van der Waals surface area contributed by atoms with Crippen molar-refractivity contribution in [3.05, 3.63) is 90.5 Å². The van der Waals surface area contributed by atoms with Gasteiger partial charge in [-0.2, -0.15) is 0 Å². The summed E-state index contributed by atoms with van der Waals surface area (Å²) in [6.45, 7) is 0.548. The molecule has 1 heterocycles. The van der Waals surface area contributed by atoms with Gasteiger partial charge in [-0.3, -0.25) is 0 Å². The molecule has 29 heavy (non-hydrogen) atoms. The molecule has 0 aliphatic heterocycles. The zero-order chi connectivity index (χ0) is 19.3. The van der Waals surface area contributed by atoms with E-state index >= 15 is 0 Å². The lowest BCUT2D eigenvalue weighted by Gasteiger charge is -2.15. The minimum absolute atomic E-state index is 0. The highest BCUT2D eigenvalue weighted by atomic mass is 35.5. The summed E-state index contributed by atoms with van der Waals surface area (Å²) in [4.78, 5) is 5.13. The average Bonchev–Trinajstić information content (AvgIpc) is 3.12. The van der Waals surface area contributed by atoms with E-state index in [1.54, 1.807) is 11.8 Å². The third-order valence-electron chi connectivity index (χ3n) is 4.62. The van der Waals surface area contributed by atoms with Gasteiger partial charge in [0.15, 0.2) is 0 Å². The van der Waals surface area contributed by atoms with E-state index in [0.29, 0.717) is 6.54 Å². The molecule has 0 saturated carbocycles. The predicted octanol–water partition coefficient (Wildman–Crippen LogP) is 5.42. The molecular weight excluding hydrogens is 420 g/mol. The molecule has 150 valence electrons. The van der Waals surface area contributed by atoms with Crippen LogP contribution in [0, 0.1) is 0 Å². The molecule has 1 aromatic heterocycles. The first-order valence-electron chi connectivity index (χ1n) is 9.24. The predicted molar refractivity (Wildman–Crippen MR) is 126 cm³/mol. The van der Waals surface area contributed by atoms with Crippen LogP contribution >= 0.6 is 24.2 Å². The maximum Gasteiger partial charge on any atom is 0.0904 e. The number of para-hydroxylation sites is 1. The highest BCUT2D eigenvalue weighted by Crippen LogP contribution is 2.37. The summed E-state index contributed by atoms with van der Waals surface area (Å²) in [7, 11) is -1.26. The van der Waals surface area contributed by atoms with Crippen molar-refractivity contribution in [2.45, 2.75) is 26.5 Å². The van der Waals surface area contributed by atoms with Gasteiger partial charge >= 0.3 is 0 Å².